The summed E-state index contributed by atoms with van der Waals surface area (Å²) >= 11 is 0. The molecular weight excluding hydrogens is 318 g/mol. The van der Waals surface area contributed by atoms with Gasteiger partial charge in [-0.2, -0.15) is 0 Å². The van der Waals surface area contributed by atoms with Crippen LogP contribution in [0.25, 0.3) is 0 Å². The van der Waals surface area contributed by atoms with E-state index in [4.69, 9.17) is 9.47 Å². The van der Waals surface area contributed by atoms with Gasteiger partial charge in [-0.15, -0.1) is 0 Å². The van der Waals surface area contributed by atoms with Crippen LogP contribution in [0.15, 0.2) is 24.3 Å². The Morgan fingerprint density at radius 3 is 3.00 bits per heavy atom. The van der Waals surface area contributed by atoms with Gasteiger partial charge in [-0.05, 0) is 43.7 Å². The molecule has 2 aliphatic heterocycles. The second-order valence-electron chi connectivity index (χ2n) is 7.90. The van der Waals surface area contributed by atoms with Crippen molar-refractivity contribution in [3.8, 4) is 5.75 Å². The first kappa shape index (κ1) is 15.4. The smallest absolute Gasteiger partial charge is 0.223 e. The summed E-state index contributed by atoms with van der Waals surface area (Å²) in [7, 11) is 0. The number of para-hydroxylation sites is 1. The highest BCUT2D eigenvalue weighted by atomic mass is 16.5. The van der Waals surface area contributed by atoms with Crippen molar-refractivity contribution in [3.63, 3.8) is 0 Å². The fourth-order valence-corrected chi connectivity index (χ4v) is 5.26. The number of amides is 1. The third-order valence-corrected chi connectivity index (χ3v) is 6.47. The largest absolute Gasteiger partial charge is 0.486 e. The first-order valence-corrected chi connectivity index (χ1v) is 9.38. The van der Waals surface area contributed by atoms with Crippen LogP contribution in [0.5, 0.6) is 5.75 Å². The van der Waals surface area contributed by atoms with Crippen molar-refractivity contribution in [1.82, 2.24) is 5.32 Å². The third kappa shape index (κ3) is 2.40. The van der Waals surface area contributed by atoms with Crippen molar-refractivity contribution in [2.75, 3.05) is 13.2 Å². The van der Waals surface area contributed by atoms with Crippen molar-refractivity contribution in [2.24, 2.45) is 17.8 Å². The molecule has 5 atom stereocenters. The number of nitrogens with one attached hydrogen (secondary N) is 1. The Labute approximate surface area is 147 Å². The van der Waals surface area contributed by atoms with Gasteiger partial charge in [-0.25, -0.2) is 0 Å². The van der Waals surface area contributed by atoms with E-state index in [1.807, 2.05) is 24.3 Å². The van der Waals surface area contributed by atoms with Crippen LogP contribution in [-0.2, 0) is 9.53 Å². The zero-order valence-corrected chi connectivity index (χ0v) is 14.2. The van der Waals surface area contributed by atoms with Crippen LogP contribution in [-0.4, -0.2) is 36.5 Å². The number of Topliss-reactive ketones (excluding diaryl/α,β-unsaturated/α-hetero) is 1. The molecule has 1 aromatic carbocycles. The second kappa shape index (κ2) is 5.56. The van der Waals surface area contributed by atoms with E-state index in [9.17, 15) is 9.59 Å². The van der Waals surface area contributed by atoms with Crippen LogP contribution in [0, 0.1) is 17.8 Å². The predicted octanol–water partition coefficient (Wildman–Crippen LogP) is 2.34. The van der Waals surface area contributed by atoms with E-state index in [2.05, 4.69) is 5.32 Å². The lowest BCUT2D eigenvalue weighted by Gasteiger charge is -2.37. The van der Waals surface area contributed by atoms with Crippen LogP contribution in [0.1, 0.15) is 42.5 Å². The van der Waals surface area contributed by atoms with Crippen LogP contribution in [0.3, 0.4) is 0 Å². The van der Waals surface area contributed by atoms with Crippen molar-refractivity contribution in [2.45, 2.75) is 43.8 Å². The van der Waals surface area contributed by atoms with Gasteiger partial charge in [-0.1, -0.05) is 12.1 Å². The van der Waals surface area contributed by atoms with Gasteiger partial charge in [0.25, 0.3) is 0 Å². The highest BCUT2D eigenvalue weighted by molar-refractivity contribution is 6.00. The fourth-order valence-electron chi connectivity index (χ4n) is 5.26. The molecule has 25 heavy (non-hydrogen) atoms. The van der Waals surface area contributed by atoms with Crippen LogP contribution in [0.2, 0.25) is 0 Å². The van der Waals surface area contributed by atoms with Gasteiger partial charge in [0.1, 0.15) is 11.4 Å². The zero-order valence-electron chi connectivity index (χ0n) is 14.2. The molecule has 5 unspecified atom stereocenters. The van der Waals surface area contributed by atoms with Gasteiger partial charge in [0, 0.05) is 25.0 Å². The van der Waals surface area contributed by atoms with E-state index in [0.29, 0.717) is 30.2 Å². The normalized spacial score (nSPS) is 38.2. The second-order valence-corrected chi connectivity index (χ2v) is 7.90. The Bertz CT molecular complexity index is 726. The summed E-state index contributed by atoms with van der Waals surface area (Å²) in [5, 5.41) is 3.06. The number of ketones is 1. The molecule has 2 heterocycles. The van der Waals surface area contributed by atoms with Crippen LogP contribution in [0.4, 0.5) is 0 Å². The molecule has 1 amide bonds. The molecule has 4 aliphatic rings. The molecule has 0 radical (unpaired) electrons. The van der Waals surface area contributed by atoms with E-state index in [0.717, 1.165) is 32.3 Å². The molecule has 1 saturated heterocycles. The van der Waals surface area contributed by atoms with Gasteiger partial charge in [0.05, 0.1) is 18.1 Å². The van der Waals surface area contributed by atoms with E-state index < -0.39 is 5.60 Å². The lowest BCUT2D eigenvalue weighted by atomic mass is 9.84. The average molecular weight is 341 g/mol. The minimum Gasteiger partial charge on any atom is -0.486 e. The quantitative estimate of drug-likeness (QED) is 0.916. The summed E-state index contributed by atoms with van der Waals surface area (Å²) in [6, 6.07) is 7.47. The molecule has 5 heteroatoms. The molecule has 1 spiro atoms. The predicted molar refractivity (Wildman–Crippen MR) is 90.4 cm³/mol. The van der Waals surface area contributed by atoms with Crippen molar-refractivity contribution in [3.05, 3.63) is 29.8 Å². The lowest BCUT2D eigenvalue weighted by Crippen LogP contribution is -2.44. The number of hydrogen-bond acceptors (Lipinski definition) is 4. The molecule has 1 N–H and O–H groups in total. The van der Waals surface area contributed by atoms with Crippen LogP contribution >= 0.6 is 0 Å². The summed E-state index contributed by atoms with van der Waals surface area (Å²) in [6.45, 7) is 1.40. The first-order chi connectivity index (χ1) is 12.2. The Morgan fingerprint density at radius 2 is 2.16 bits per heavy atom. The summed E-state index contributed by atoms with van der Waals surface area (Å²) in [4.78, 5) is 25.2. The van der Waals surface area contributed by atoms with E-state index in [-0.39, 0.29) is 29.6 Å². The number of fused-ring (bicyclic) bond motifs is 3. The molecule has 3 fully saturated rings. The first-order valence-electron chi connectivity index (χ1n) is 9.38. The summed E-state index contributed by atoms with van der Waals surface area (Å²) < 4.78 is 11.9. The monoisotopic (exact) mass is 341 g/mol. The number of carbonyl (C=O) groups excluding carboxylic acids is 2. The van der Waals surface area contributed by atoms with Crippen LogP contribution < -0.4 is 10.1 Å². The minimum absolute atomic E-state index is 0.00628. The summed E-state index contributed by atoms with van der Waals surface area (Å²) in [5.74, 6) is 1.47. The van der Waals surface area contributed by atoms with Crippen molar-refractivity contribution in [1.29, 1.82) is 0 Å². The number of ether oxygens (including phenoxy) is 2. The van der Waals surface area contributed by atoms with Gasteiger partial charge < -0.3 is 14.8 Å². The standard InChI is InChI=1S/C20H23NO4/c22-15-10-20(25-16-6-2-1-5-13(15)16)8-7-14-17(18(14)20)19(23)21-11-12-4-3-9-24-12/h1-2,5-6,12,14,17-18H,3-4,7-11H2,(H,21,23). The van der Waals surface area contributed by atoms with Gasteiger partial charge in [0.15, 0.2) is 5.78 Å². The highest BCUT2D eigenvalue weighted by Gasteiger charge is 2.70. The van der Waals surface area contributed by atoms with Crippen molar-refractivity contribution < 1.29 is 19.1 Å². The lowest BCUT2D eigenvalue weighted by molar-refractivity contribution is -0.124. The maximum absolute atomic E-state index is 12.6. The molecule has 0 aromatic heterocycles. The minimum atomic E-state index is -0.470. The molecule has 0 bridgehead atoms. The Kier molecular flexibility index (Phi) is 3.42. The van der Waals surface area contributed by atoms with Crippen molar-refractivity contribution >= 4 is 11.7 Å². The molecular formula is C20H23NO4. The van der Waals surface area contributed by atoms with Gasteiger partial charge >= 0.3 is 0 Å². The van der Waals surface area contributed by atoms with E-state index in [1.54, 1.807) is 0 Å². The zero-order chi connectivity index (χ0) is 17.0. The molecule has 2 saturated carbocycles. The highest BCUT2D eigenvalue weighted by Crippen LogP contribution is 2.65. The summed E-state index contributed by atoms with van der Waals surface area (Å²) in [5.41, 5.74) is 0.207. The number of carbonyl (C=O) groups is 2. The third-order valence-electron chi connectivity index (χ3n) is 6.47. The maximum Gasteiger partial charge on any atom is 0.223 e. The number of hydrogen-bond donors (Lipinski definition) is 1. The van der Waals surface area contributed by atoms with Gasteiger partial charge in [-0.3, -0.25) is 9.59 Å². The average Bonchev–Trinajstić information content (AvgIpc) is 2.94. The number of benzene rings is 1. The van der Waals surface area contributed by atoms with Gasteiger partial charge in [0.2, 0.25) is 5.91 Å². The Balaban J connectivity index is 1.29. The molecule has 132 valence electrons. The Hall–Kier alpha value is -1.88. The fraction of sp³-hybridized carbons (Fsp3) is 0.600. The maximum atomic E-state index is 12.6. The van der Waals surface area contributed by atoms with E-state index in [1.165, 1.54) is 0 Å². The topological polar surface area (TPSA) is 64.6 Å². The number of rotatable bonds is 3. The van der Waals surface area contributed by atoms with E-state index >= 15 is 0 Å². The molecule has 5 nitrogen and oxygen atoms in total. The molecule has 1 aromatic rings. The molecule has 5 rings (SSSR count). The Morgan fingerprint density at radius 1 is 1.28 bits per heavy atom. The SMILES string of the molecule is O=C1CC2(CCC3C(C(=O)NCC4CCCO4)C32)Oc2ccccc21. The summed E-state index contributed by atoms with van der Waals surface area (Å²) in [6.07, 6.45) is 4.51. The molecule has 2 aliphatic carbocycles.